The van der Waals surface area contributed by atoms with Crippen LogP contribution in [0.4, 0.5) is 13.2 Å². The van der Waals surface area contributed by atoms with Crippen molar-refractivity contribution in [1.82, 2.24) is 5.32 Å². The average Bonchev–Trinajstić information content (AvgIpc) is 2.53. The molecule has 0 bridgehead atoms. The lowest BCUT2D eigenvalue weighted by molar-refractivity contribution is -0.150. The minimum absolute atomic E-state index is 0.197. The molecule has 0 unspecified atom stereocenters. The van der Waals surface area contributed by atoms with E-state index in [0.717, 1.165) is 0 Å². The fourth-order valence-electron chi connectivity index (χ4n) is 2.82. The van der Waals surface area contributed by atoms with Gasteiger partial charge in [-0.1, -0.05) is 42.5 Å². The van der Waals surface area contributed by atoms with Gasteiger partial charge in [-0.15, -0.1) is 0 Å². The number of allylic oxidation sites excluding steroid dienone is 2. The van der Waals surface area contributed by atoms with Gasteiger partial charge in [-0.05, 0) is 18.4 Å². The number of carboxylic acids is 1. The Kier molecular flexibility index (Phi) is 5.64. The first-order valence-corrected chi connectivity index (χ1v) is 7.58. The number of aliphatic carboxylic acids is 1. The Morgan fingerprint density at radius 2 is 1.71 bits per heavy atom. The second-order valence-electron chi connectivity index (χ2n) is 5.79. The molecule has 2 rings (SSSR count). The first kappa shape index (κ1) is 18.0. The first-order valence-electron chi connectivity index (χ1n) is 7.58. The zero-order valence-corrected chi connectivity index (χ0v) is 12.8. The van der Waals surface area contributed by atoms with E-state index in [1.54, 1.807) is 30.4 Å². The highest BCUT2D eigenvalue weighted by molar-refractivity contribution is 5.85. The monoisotopic (exact) mass is 341 g/mol. The zero-order valence-electron chi connectivity index (χ0n) is 12.8. The summed E-state index contributed by atoms with van der Waals surface area (Å²) in [6.07, 6.45) is -1.90. The fourth-order valence-corrected chi connectivity index (χ4v) is 2.82. The van der Waals surface area contributed by atoms with E-state index in [1.165, 1.54) is 12.1 Å². The fraction of sp³-hybridized carbons (Fsp3) is 0.412. The van der Waals surface area contributed by atoms with E-state index < -0.39 is 42.4 Å². The first-order chi connectivity index (χ1) is 11.3. The highest BCUT2D eigenvalue weighted by Crippen LogP contribution is 2.31. The standard InChI is InChI=1S/C17H18F3NO3/c18-17(19,20)10-14(11-6-2-1-3-7-11)21-15(22)12-8-4-5-9-13(12)16(23)24/h1-7,12-14H,8-10H2,(H,21,22)(H,23,24)/t12-,13+,14+/m0/s1. The lowest BCUT2D eigenvalue weighted by atomic mass is 9.82. The number of carbonyl (C=O) groups is 2. The van der Waals surface area contributed by atoms with Crippen molar-refractivity contribution in [3.63, 3.8) is 0 Å². The Morgan fingerprint density at radius 1 is 1.12 bits per heavy atom. The third kappa shape index (κ3) is 4.84. The molecule has 130 valence electrons. The molecule has 0 heterocycles. The van der Waals surface area contributed by atoms with Crippen molar-refractivity contribution in [3.05, 3.63) is 48.0 Å². The number of benzene rings is 1. The second kappa shape index (κ2) is 7.51. The van der Waals surface area contributed by atoms with Crippen molar-refractivity contribution in [2.24, 2.45) is 11.8 Å². The molecule has 4 nitrogen and oxygen atoms in total. The van der Waals surface area contributed by atoms with E-state index in [2.05, 4.69) is 5.32 Å². The van der Waals surface area contributed by atoms with Crippen LogP contribution in [-0.2, 0) is 9.59 Å². The molecule has 1 aliphatic rings. The summed E-state index contributed by atoms with van der Waals surface area (Å²) < 4.78 is 38.5. The van der Waals surface area contributed by atoms with Crippen LogP contribution in [0, 0.1) is 11.8 Å². The van der Waals surface area contributed by atoms with Crippen molar-refractivity contribution in [2.75, 3.05) is 0 Å². The van der Waals surface area contributed by atoms with E-state index >= 15 is 0 Å². The molecule has 0 saturated carbocycles. The number of halogens is 3. The van der Waals surface area contributed by atoms with E-state index in [1.807, 2.05) is 0 Å². The highest BCUT2D eigenvalue weighted by atomic mass is 19.4. The molecule has 2 N–H and O–H groups in total. The van der Waals surface area contributed by atoms with Crippen molar-refractivity contribution < 1.29 is 27.9 Å². The van der Waals surface area contributed by atoms with Gasteiger partial charge < -0.3 is 10.4 Å². The Labute approximate surface area is 137 Å². The number of carbonyl (C=O) groups excluding carboxylic acids is 1. The maximum atomic E-state index is 12.8. The molecular weight excluding hydrogens is 323 g/mol. The highest BCUT2D eigenvalue weighted by Gasteiger charge is 2.38. The van der Waals surface area contributed by atoms with Gasteiger partial charge in [0.2, 0.25) is 5.91 Å². The van der Waals surface area contributed by atoms with Crippen molar-refractivity contribution in [3.8, 4) is 0 Å². The lowest BCUT2D eigenvalue weighted by Gasteiger charge is -2.27. The molecule has 0 fully saturated rings. The number of rotatable bonds is 5. The van der Waals surface area contributed by atoms with Crippen LogP contribution in [0.3, 0.4) is 0 Å². The van der Waals surface area contributed by atoms with Crippen molar-refractivity contribution >= 4 is 11.9 Å². The number of alkyl halides is 3. The van der Waals surface area contributed by atoms with Crippen molar-refractivity contribution in [1.29, 1.82) is 0 Å². The SMILES string of the molecule is O=C(N[C@H](CC(F)(F)F)c1ccccc1)[C@H]1CC=CC[C@H]1C(=O)O. The molecule has 0 radical (unpaired) electrons. The van der Waals surface area contributed by atoms with E-state index in [-0.39, 0.29) is 12.8 Å². The average molecular weight is 341 g/mol. The number of hydrogen-bond acceptors (Lipinski definition) is 2. The molecule has 1 aromatic carbocycles. The Balaban J connectivity index is 2.17. The summed E-state index contributed by atoms with van der Waals surface area (Å²) in [5.41, 5.74) is 0.335. The number of nitrogens with one attached hydrogen (secondary N) is 1. The van der Waals surface area contributed by atoms with Crippen LogP contribution in [0.2, 0.25) is 0 Å². The van der Waals surface area contributed by atoms with Gasteiger partial charge in [-0.2, -0.15) is 13.2 Å². The Bertz CT molecular complexity index is 613. The molecular formula is C17H18F3NO3. The number of amides is 1. The molecule has 1 aromatic rings. The van der Waals surface area contributed by atoms with Gasteiger partial charge in [0.1, 0.15) is 0 Å². The predicted octanol–water partition coefficient (Wildman–Crippen LogP) is 3.46. The van der Waals surface area contributed by atoms with E-state index in [4.69, 9.17) is 0 Å². The smallest absolute Gasteiger partial charge is 0.391 e. The minimum Gasteiger partial charge on any atom is -0.481 e. The van der Waals surface area contributed by atoms with Gasteiger partial charge in [0, 0.05) is 0 Å². The summed E-state index contributed by atoms with van der Waals surface area (Å²) >= 11 is 0. The molecule has 24 heavy (non-hydrogen) atoms. The maximum absolute atomic E-state index is 12.8. The van der Waals surface area contributed by atoms with Gasteiger partial charge in [0.05, 0.1) is 24.3 Å². The number of carboxylic acid groups (broad SMARTS) is 1. The van der Waals surface area contributed by atoms with E-state index in [9.17, 15) is 27.9 Å². The van der Waals surface area contributed by atoms with Crippen LogP contribution >= 0.6 is 0 Å². The largest absolute Gasteiger partial charge is 0.481 e. The normalized spacial score (nSPS) is 22.0. The van der Waals surface area contributed by atoms with Gasteiger partial charge >= 0.3 is 12.1 Å². The molecule has 1 aliphatic carbocycles. The third-order valence-corrected chi connectivity index (χ3v) is 4.04. The molecule has 1 amide bonds. The maximum Gasteiger partial charge on any atom is 0.391 e. The van der Waals surface area contributed by atoms with Crippen LogP contribution in [0.1, 0.15) is 30.9 Å². The zero-order chi connectivity index (χ0) is 17.7. The minimum atomic E-state index is -4.45. The van der Waals surface area contributed by atoms with Gasteiger partial charge in [0.25, 0.3) is 0 Å². The molecule has 0 aliphatic heterocycles. The summed E-state index contributed by atoms with van der Waals surface area (Å²) in [4.78, 5) is 23.7. The Hall–Kier alpha value is -2.31. The predicted molar refractivity (Wildman–Crippen MR) is 81.0 cm³/mol. The summed E-state index contributed by atoms with van der Waals surface area (Å²) in [6.45, 7) is 0. The topological polar surface area (TPSA) is 66.4 Å². The second-order valence-corrected chi connectivity index (χ2v) is 5.79. The van der Waals surface area contributed by atoms with Crippen LogP contribution < -0.4 is 5.32 Å². The number of hydrogen-bond donors (Lipinski definition) is 2. The molecule has 0 saturated heterocycles. The molecule has 0 aromatic heterocycles. The van der Waals surface area contributed by atoms with Gasteiger partial charge in [0.15, 0.2) is 0 Å². The van der Waals surface area contributed by atoms with Crippen LogP contribution in [0.5, 0.6) is 0 Å². The Morgan fingerprint density at radius 3 is 2.25 bits per heavy atom. The van der Waals surface area contributed by atoms with Crippen LogP contribution in [0.15, 0.2) is 42.5 Å². The quantitative estimate of drug-likeness (QED) is 0.806. The molecule has 7 heteroatoms. The summed E-state index contributed by atoms with van der Waals surface area (Å²) in [7, 11) is 0. The third-order valence-electron chi connectivity index (χ3n) is 4.04. The van der Waals surface area contributed by atoms with Crippen LogP contribution in [0.25, 0.3) is 0 Å². The summed E-state index contributed by atoms with van der Waals surface area (Å²) in [5, 5.41) is 11.6. The summed E-state index contributed by atoms with van der Waals surface area (Å²) in [5.74, 6) is -3.57. The van der Waals surface area contributed by atoms with Gasteiger partial charge in [-0.25, -0.2) is 0 Å². The lowest BCUT2D eigenvalue weighted by Crippen LogP contribution is -2.41. The van der Waals surface area contributed by atoms with Crippen molar-refractivity contribution in [2.45, 2.75) is 31.5 Å². The van der Waals surface area contributed by atoms with E-state index in [0.29, 0.717) is 5.56 Å². The molecule has 0 spiro atoms. The van der Waals surface area contributed by atoms with Gasteiger partial charge in [-0.3, -0.25) is 9.59 Å². The summed E-state index contributed by atoms with van der Waals surface area (Å²) in [6, 6.07) is 6.63. The molecule has 3 atom stereocenters. The van der Waals surface area contributed by atoms with Crippen LogP contribution in [-0.4, -0.2) is 23.2 Å².